The molecule has 0 aliphatic rings. The van der Waals surface area contributed by atoms with Crippen molar-refractivity contribution in [3.8, 4) is 0 Å². The molecule has 1 unspecified atom stereocenters. The quantitative estimate of drug-likeness (QED) is 0.532. The lowest BCUT2D eigenvalue weighted by molar-refractivity contribution is 0.0794. The third kappa shape index (κ3) is 1.57. The maximum Gasteiger partial charge on any atom is 0.133 e. The monoisotopic (exact) mass is 143 g/mol. The number of rotatable bonds is 3. The van der Waals surface area contributed by atoms with Crippen molar-refractivity contribution in [1.29, 1.82) is 0 Å². The first-order valence-corrected chi connectivity index (χ1v) is 2.93. The van der Waals surface area contributed by atoms with Crippen molar-refractivity contribution in [2.75, 3.05) is 6.54 Å². The number of nitrogens with one attached hydrogen (secondary N) is 1. The van der Waals surface area contributed by atoms with Crippen LogP contribution in [0, 0.1) is 0 Å². The van der Waals surface area contributed by atoms with E-state index in [4.69, 9.17) is 14.7 Å². The van der Waals surface area contributed by atoms with E-state index in [9.17, 15) is 0 Å². The van der Waals surface area contributed by atoms with Gasteiger partial charge < -0.3 is 14.7 Å². The molecule has 0 saturated carbocycles. The third-order valence-electron chi connectivity index (χ3n) is 1.16. The molecule has 1 heterocycles. The van der Waals surface area contributed by atoms with Crippen LogP contribution in [-0.4, -0.2) is 16.9 Å². The van der Waals surface area contributed by atoms with Crippen molar-refractivity contribution in [2.45, 2.75) is 6.10 Å². The molecule has 0 radical (unpaired) electrons. The van der Waals surface area contributed by atoms with Gasteiger partial charge in [-0.2, -0.15) is 0 Å². The first kappa shape index (κ1) is 7.27. The molecule has 3 N–H and O–H groups in total. The summed E-state index contributed by atoms with van der Waals surface area (Å²) in [6, 6.07) is 3.32. The molecule has 0 amide bonds. The van der Waals surface area contributed by atoms with Crippen LogP contribution < -0.4 is 5.48 Å². The van der Waals surface area contributed by atoms with E-state index in [1.54, 1.807) is 12.1 Å². The van der Waals surface area contributed by atoms with Gasteiger partial charge in [-0.15, -0.1) is 0 Å². The zero-order chi connectivity index (χ0) is 7.40. The van der Waals surface area contributed by atoms with Crippen LogP contribution in [0.3, 0.4) is 0 Å². The zero-order valence-corrected chi connectivity index (χ0v) is 5.32. The molecule has 10 heavy (non-hydrogen) atoms. The Balaban J connectivity index is 2.50. The van der Waals surface area contributed by atoms with Crippen molar-refractivity contribution in [2.24, 2.45) is 0 Å². The van der Waals surface area contributed by atoms with Gasteiger partial charge in [0.05, 0.1) is 12.8 Å². The molecule has 4 nitrogen and oxygen atoms in total. The minimum Gasteiger partial charge on any atom is -0.467 e. The lowest BCUT2D eigenvalue weighted by Crippen LogP contribution is -2.16. The number of furan rings is 1. The summed E-state index contributed by atoms with van der Waals surface area (Å²) in [6.45, 7) is 0.0769. The minimum absolute atomic E-state index is 0.0769. The Morgan fingerprint density at radius 2 is 2.50 bits per heavy atom. The fourth-order valence-electron chi connectivity index (χ4n) is 0.668. The summed E-state index contributed by atoms with van der Waals surface area (Å²) in [5, 5.41) is 17.3. The summed E-state index contributed by atoms with van der Waals surface area (Å²) >= 11 is 0. The molecule has 0 fully saturated rings. The molecule has 1 aromatic heterocycles. The highest BCUT2D eigenvalue weighted by molar-refractivity contribution is 5.01. The van der Waals surface area contributed by atoms with Crippen LogP contribution in [0.5, 0.6) is 0 Å². The maximum atomic E-state index is 9.09. The van der Waals surface area contributed by atoms with E-state index in [1.165, 1.54) is 6.26 Å². The maximum absolute atomic E-state index is 9.09. The van der Waals surface area contributed by atoms with Gasteiger partial charge >= 0.3 is 0 Å². The highest BCUT2D eigenvalue weighted by atomic mass is 16.5. The summed E-state index contributed by atoms with van der Waals surface area (Å²) in [5.41, 5.74) is 1.85. The van der Waals surface area contributed by atoms with Crippen molar-refractivity contribution < 1.29 is 14.7 Å². The van der Waals surface area contributed by atoms with Crippen molar-refractivity contribution >= 4 is 0 Å². The fourth-order valence-corrected chi connectivity index (χ4v) is 0.668. The first-order valence-electron chi connectivity index (χ1n) is 2.93. The zero-order valence-electron chi connectivity index (χ0n) is 5.32. The lowest BCUT2D eigenvalue weighted by atomic mass is 10.3. The lowest BCUT2D eigenvalue weighted by Gasteiger charge is -2.03. The summed E-state index contributed by atoms with van der Waals surface area (Å²) in [6.07, 6.45) is 0.690. The molecule has 0 aromatic carbocycles. The molecular formula is C6H9NO3. The summed E-state index contributed by atoms with van der Waals surface area (Å²) in [5.74, 6) is 0.446. The average molecular weight is 143 g/mol. The van der Waals surface area contributed by atoms with Crippen LogP contribution >= 0.6 is 0 Å². The van der Waals surface area contributed by atoms with Gasteiger partial charge in [0.25, 0.3) is 0 Å². The van der Waals surface area contributed by atoms with E-state index in [1.807, 2.05) is 5.48 Å². The van der Waals surface area contributed by atoms with E-state index in [0.717, 1.165) is 0 Å². The Bertz CT molecular complexity index is 173. The third-order valence-corrected chi connectivity index (χ3v) is 1.16. The molecule has 0 saturated heterocycles. The second kappa shape index (κ2) is 3.36. The van der Waals surface area contributed by atoms with Crippen molar-refractivity contribution in [3.63, 3.8) is 0 Å². The van der Waals surface area contributed by atoms with Gasteiger partial charge in [-0.1, -0.05) is 0 Å². The van der Waals surface area contributed by atoms with Gasteiger partial charge in [0, 0.05) is 0 Å². The molecule has 0 aliphatic heterocycles. The second-order valence-corrected chi connectivity index (χ2v) is 1.89. The largest absolute Gasteiger partial charge is 0.467 e. The Hall–Kier alpha value is -0.840. The topological polar surface area (TPSA) is 65.6 Å². The van der Waals surface area contributed by atoms with Crippen LogP contribution in [0.1, 0.15) is 11.9 Å². The van der Waals surface area contributed by atoms with Crippen molar-refractivity contribution in [3.05, 3.63) is 24.2 Å². The second-order valence-electron chi connectivity index (χ2n) is 1.89. The molecule has 1 rings (SSSR count). The van der Waals surface area contributed by atoms with E-state index in [0.29, 0.717) is 5.76 Å². The van der Waals surface area contributed by atoms with Gasteiger partial charge in [-0.05, 0) is 12.1 Å². The molecule has 56 valence electrons. The Morgan fingerprint density at radius 1 is 1.70 bits per heavy atom. The van der Waals surface area contributed by atoms with E-state index in [-0.39, 0.29) is 6.54 Å². The van der Waals surface area contributed by atoms with Gasteiger partial charge in [0.15, 0.2) is 0 Å². The first-order chi connectivity index (χ1) is 4.84. The van der Waals surface area contributed by atoms with Gasteiger partial charge in [-0.3, -0.25) is 0 Å². The fraction of sp³-hybridized carbons (Fsp3) is 0.333. The molecule has 4 heteroatoms. The van der Waals surface area contributed by atoms with E-state index >= 15 is 0 Å². The predicted octanol–water partition coefficient (Wildman–Crippen LogP) is 0.292. The normalized spacial score (nSPS) is 13.4. The van der Waals surface area contributed by atoms with Crippen LogP contribution in [0.25, 0.3) is 0 Å². The van der Waals surface area contributed by atoms with E-state index in [2.05, 4.69) is 0 Å². The SMILES string of the molecule is ONCC(O)c1ccco1. The van der Waals surface area contributed by atoms with Crippen molar-refractivity contribution in [1.82, 2.24) is 5.48 Å². The Kier molecular flexibility index (Phi) is 2.44. The molecular weight excluding hydrogens is 134 g/mol. The Morgan fingerprint density at radius 3 is 3.00 bits per heavy atom. The molecule has 1 aromatic rings. The number of hydroxylamine groups is 1. The van der Waals surface area contributed by atoms with Crippen LogP contribution in [0.15, 0.2) is 22.8 Å². The van der Waals surface area contributed by atoms with Gasteiger partial charge in [0.1, 0.15) is 11.9 Å². The van der Waals surface area contributed by atoms with Crippen LogP contribution in [0.4, 0.5) is 0 Å². The summed E-state index contributed by atoms with van der Waals surface area (Å²) in [4.78, 5) is 0. The molecule has 0 bridgehead atoms. The van der Waals surface area contributed by atoms with E-state index < -0.39 is 6.10 Å². The number of aliphatic hydroxyl groups is 1. The minimum atomic E-state index is -0.778. The molecule has 0 aliphatic carbocycles. The van der Waals surface area contributed by atoms with Gasteiger partial charge in [0.2, 0.25) is 0 Å². The average Bonchev–Trinajstić information content (AvgIpc) is 2.38. The van der Waals surface area contributed by atoms with Crippen LogP contribution in [0.2, 0.25) is 0 Å². The summed E-state index contributed by atoms with van der Waals surface area (Å²) in [7, 11) is 0. The van der Waals surface area contributed by atoms with Gasteiger partial charge in [-0.25, -0.2) is 5.48 Å². The standard InChI is InChI=1S/C6H9NO3/c8-5(4-7-9)6-2-1-3-10-6/h1-3,5,7-9H,4H2. The summed E-state index contributed by atoms with van der Waals surface area (Å²) < 4.78 is 4.85. The Labute approximate surface area is 58.0 Å². The predicted molar refractivity (Wildman–Crippen MR) is 33.5 cm³/mol. The number of aliphatic hydroxyl groups excluding tert-OH is 1. The highest BCUT2D eigenvalue weighted by Crippen LogP contribution is 2.10. The molecule has 1 atom stereocenters. The highest BCUT2D eigenvalue weighted by Gasteiger charge is 2.07. The smallest absolute Gasteiger partial charge is 0.133 e. The number of hydrogen-bond donors (Lipinski definition) is 3. The van der Waals surface area contributed by atoms with Crippen LogP contribution in [-0.2, 0) is 0 Å². The number of hydrogen-bond acceptors (Lipinski definition) is 4. The molecule has 0 spiro atoms.